The van der Waals surface area contributed by atoms with Crippen LogP contribution in [0, 0.1) is 0 Å². The standard InChI is InChI=1S/C21H24F2N2O5S/c1-29-14-9-10-15(18(12-14)30-2)17-7-5-11-25(17)13-20(26)24-16-6-3-4-8-19(16)31(27,28)21(22)23/h3-4,6,8-10,12,17,21H,5,7,11,13H2,1-2H3,(H,24,26). The van der Waals surface area contributed by atoms with Gasteiger partial charge >= 0.3 is 5.76 Å². The Hall–Kier alpha value is -2.72. The van der Waals surface area contributed by atoms with E-state index >= 15 is 0 Å². The quantitative estimate of drug-likeness (QED) is 0.658. The van der Waals surface area contributed by atoms with Crippen molar-refractivity contribution in [2.45, 2.75) is 29.5 Å². The van der Waals surface area contributed by atoms with Gasteiger partial charge in [0.15, 0.2) is 0 Å². The number of carbonyl (C=O) groups is 1. The predicted molar refractivity (Wildman–Crippen MR) is 111 cm³/mol. The van der Waals surface area contributed by atoms with Crippen molar-refractivity contribution in [3.63, 3.8) is 0 Å². The van der Waals surface area contributed by atoms with Crippen molar-refractivity contribution in [1.82, 2.24) is 4.90 Å². The second-order valence-corrected chi connectivity index (χ2v) is 8.97. The lowest BCUT2D eigenvalue weighted by molar-refractivity contribution is -0.117. The van der Waals surface area contributed by atoms with Gasteiger partial charge in [0.25, 0.3) is 0 Å². The van der Waals surface area contributed by atoms with E-state index in [9.17, 15) is 22.0 Å². The van der Waals surface area contributed by atoms with Crippen LogP contribution in [0.15, 0.2) is 47.4 Å². The fraction of sp³-hybridized carbons (Fsp3) is 0.381. The summed E-state index contributed by atoms with van der Waals surface area (Å²) in [6, 6.07) is 10.6. The lowest BCUT2D eigenvalue weighted by atomic mass is 10.0. The average Bonchev–Trinajstić information content (AvgIpc) is 3.20. The minimum absolute atomic E-state index is 0.0249. The number of ether oxygens (including phenoxy) is 2. The number of hydrogen-bond acceptors (Lipinski definition) is 6. The molecule has 0 aliphatic carbocycles. The molecule has 1 atom stereocenters. The summed E-state index contributed by atoms with van der Waals surface area (Å²) in [6.45, 7) is 0.632. The molecule has 0 radical (unpaired) electrons. The fourth-order valence-electron chi connectivity index (χ4n) is 3.75. The molecule has 2 aromatic rings. The van der Waals surface area contributed by atoms with E-state index in [2.05, 4.69) is 5.32 Å². The van der Waals surface area contributed by atoms with Crippen LogP contribution >= 0.6 is 0 Å². The number of alkyl halides is 2. The van der Waals surface area contributed by atoms with E-state index in [0.717, 1.165) is 24.5 Å². The molecule has 1 aliphatic rings. The molecule has 7 nitrogen and oxygen atoms in total. The number of rotatable bonds is 8. The molecule has 1 unspecified atom stereocenters. The molecule has 3 rings (SSSR count). The van der Waals surface area contributed by atoms with Crippen LogP contribution in [0.25, 0.3) is 0 Å². The number of likely N-dealkylation sites (tertiary alicyclic amines) is 1. The second kappa shape index (κ2) is 9.61. The van der Waals surface area contributed by atoms with Gasteiger partial charge in [0.1, 0.15) is 11.5 Å². The summed E-state index contributed by atoms with van der Waals surface area (Å²) in [7, 11) is -1.72. The van der Waals surface area contributed by atoms with E-state index in [-0.39, 0.29) is 18.3 Å². The minimum atomic E-state index is -4.84. The first-order valence-electron chi connectivity index (χ1n) is 9.64. The number of halogens is 2. The van der Waals surface area contributed by atoms with Crippen LogP contribution in [0.3, 0.4) is 0 Å². The molecule has 1 fully saturated rings. The topological polar surface area (TPSA) is 84.9 Å². The molecule has 31 heavy (non-hydrogen) atoms. The molecule has 10 heteroatoms. The highest BCUT2D eigenvalue weighted by Gasteiger charge is 2.32. The summed E-state index contributed by atoms with van der Waals surface area (Å²) in [4.78, 5) is 14.0. The van der Waals surface area contributed by atoms with E-state index < -0.39 is 26.4 Å². The van der Waals surface area contributed by atoms with Gasteiger partial charge in [0.05, 0.1) is 31.3 Å². The van der Waals surface area contributed by atoms with Gasteiger partial charge in [-0.05, 0) is 37.6 Å². The first kappa shape index (κ1) is 23.0. The van der Waals surface area contributed by atoms with Crippen LogP contribution in [0.5, 0.6) is 11.5 Å². The molecule has 0 spiro atoms. The molecule has 0 saturated carbocycles. The van der Waals surface area contributed by atoms with Crippen LogP contribution in [-0.4, -0.2) is 52.3 Å². The number of benzene rings is 2. The van der Waals surface area contributed by atoms with Crippen LogP contribution in [-0.2, 0) is 14.6 Å². The Morgan fingerprint density at radius 2 is 1.94 bits per heavy atom. The van der Waals surface area contributed by atoms with E-state index in [1.807, 2.05) is 17.0 Å². The van der Waals surface area contributed by atoms with Gasteiger partial charge in [0, 0.05) is 17.7 Å². The zero-order valence-corrected chi connectivity index (χ0v) is 18.0. The zero-order chi connectivity index (χ0) is 22.6. The van der Waals surface area contributed by atoms with E-state index in [4.69, 9.17) is 9.47 Å². The van der Waals surface area contributed by atoms with Gasteiger partial charge in [-0.15, -0.1) is 0 Å². The van der Waals surface area contributed by atoms with Gasteiger partial charge in [-0.2, -0.15) is 8.78 Å². The van der Waals surface area contributed by atoms with Crippen molar-refractivity contribution in [3.05, 3.63) is 48.0 Å². The van der Waals surface area contributed by atoms with Crippen molar-refractivity contribution >= 4 is 21.4 Å². The SMILES string of the molecule is COc1ccc(C2CCCN2CC(=O)Nc2ccccc2S(=O)(=O)C(F)F)c(OC)c1. The molecule has 168 valence electrons. The molecule has 1 aliphatic heterocycles. The molecule has 1 saturated heterocycles. The normalized spacial score (nSPS) is 17.0. The van der Waals surface area contributed by atoms with Crippen molar-refractivity contribution < 1.29 is 31.5 Å². The molecule has 1 heterocycles. The maximum atomic E-state index is 13.0. The molecule has 1 N–H and O–H groups in total. The first-order chi connectivity index (χ1) is 14.8. The van der Waals surface area contributed by atoms with Gasteiger partial charge in [0.2, 0.25) is 15.7 Å². The fourth-order valence-corrected chi connectivity index (χ4v) is 4.64. The molecule has 0 aromatic heterocycles. The predicted octanol–water partition coefficient (Wildman–Crippen LogP) is 3.48. The summed E-state index contributed by atoms with van der Waals surface area (Å²) in [5.41, 5.74) is 0.750. The molecule has 1 amide bonds. The van der Waals surface area contributed by atoms with E-state index in [0.29, 0.717) is 18.0 Å². The summed E-state index contributed by atoms with van der Waals surface area (Å²) >= 11 is 0. The largest absolute Gasteiger partial charge is 0.497 e. The molecular formula is C21H24F2N2O5S. The third kappa shape index (κ3) is 4.96. The third-order valence-corrected chi connectivity index (χ3v) is 6.65. The Balaban J connectivity index is 1.78. The highest BCUT2D eigenvalue weighted by atomic mass is 32.2. The van der Waals surface area contributed by atoms with Crippen molar-refractivity contribution in [2.75, 3.05) is 32.6 Å². The molecule has 2 aromatic carbocycles. The maximum absolute atomic E-state index is 13.0. The van der Waals surface area contributed by atoms with E-state index in [1.54, 1.807) is 20.3 Å². The highest BCUT2D eigenvalue weighted by Crippen LogP contribution is 2.38. The van der Waals surface area contributed by atoms with Gasteiger partial charge in [-0.3, -0.25) is 9.69 Å². The lowest BCUT2D eigenvalue weighted by Crippen LogP contribution is -2.33. The number of para-hydroxylation sites is 1. The first-order valence-corrected chi connectivity index (χ1v) is 11.2. The molecular weight excluding hydrogens is 430 g/mol. The number of nitrogens with one attached hydrogen (secondary N) is 1. The van der Waals surface area contributed by atoms with Gasteiger partial charge in [-0.25, -0.2) is 8.42 Å². The number of anilines is 1. The van der Waals surface area contributed by atoms with Crippen molar-refractivity contribution in [1.29, 1.82) is 0 Å². The van der Waals surface area contributed by atoms with Gasteiger partial charge in [-0.1, -0.05) is 18.2 Å². The van der Waals surface area contributed by atoms with Crippen molar-refractivity contribution in [3.8, 4) is 11.5 Å². The summed E-state index contributed by atoms with van der Waals surface area (Å²) in [5, 5.41) is 2.47. The Kier molecular flexibility index (Phi) is 7.11. The monoisotopic (exact) mass is 454 g/mol. The van der Waals surface area contributed by atoms with Crippen LogP contribution in [0.2, 0.25) is 0 Å². The van der Waals surface area contributed by atoms with Crippen LogP contribution < -0.4 is 14.8 Å². The van der Waals surface area contributed by atoms with Crippen LogP contribution in [0.4, 0.5) is 14.5 Å². The number of carbonyl (C=O) groups excluding carboxylic acids is 1. The number of nitrogens with zero attached hydrogens (tertiary/aromatic N) is 1. The summed E-state index contributed by atoms with van der Waals surface area (Å²) < 4.78 is 60.5. The Morgan fingerprint density at radius 3 is 2.61 bits per heavy atom. The zero-order valence-electron chi connectivity index (χ0n) is 17.2. The maximum Gasteiger partial charge on any atom is 0.341 e. The number of sulfone groups is 1. The Bertz CT molecular complexity index is 1050. The van der Waals surface area contributed by atoms with Gasteiger partial charge < -0.3 is 14.8 Å². The van der Waals surface area contributed by atoms with E-state index in [1.165, 1.54) is 18.2 Å². The highest BCUT2D eigenvalue weighted by molar-refractivity contribution is 7.91. The average molecular weight is 454 g/mol. The number of amides is 1. The van der Waals surface area contributed by atoms with Crippen LogP contribution in [0.1, 0.15) is 24.4 Å². The minimum Gasteiger partial charge on any atom is -0.497 e. The molecule has 0 bridgehead atoms. The third-order valence-electron chi connectivity index (χ3n) is 5.21. The smallest absolute Gasteiger partial charge is 0.341 e. The summed E-state index contributed by atoms with van der Waals surface area (Å²) in [6.07, 6.45) is 1.68. The number of methoxy groups -OCH3 is 2. The Morgan fingerprint density at radius 1 is 1.19 bits per heavy atom. The number of hydrogen-bond donors (Lipinski definition) is 1. The summed E-state index contributed by atoms with van der Waals surface area (Å²) in [5.74, 6) is -2.77. The lowest BCUT2D eigenvalue weighted by Gasteiger charge is -2.26. The Labute approximate surface area is 179 Å². The van der Waals surface area contributed by atoms with Crippen molar-refractivity contribution in [2.24, 2.45) is 0 Å². The second-order valence-electron chi connectivity index (χ2n) is 7.09.